The van der Waals surface area contributed by atoms with E-state index in [0.717, 1.165) is 30.6 Å². The van der Waals surface area contributed by atoms with E-state index in [1.807, 2.05) is 22.4 Å². The molecule has 3 aliphatic rings. The monoisotopic (exact) mass is 361 g/mol. The number of amides is 3. The highest BCUT2D eigenvalue weighted by atomic mass is 32.1. The van der Waals surface area contributed by atoms with Gasteiger partial charge in [0.2, 0.25) is 11.8 Å². The second-order valence-electron chi connectivity index (χ2n) is 7.13. The first-order valence-corrected chi connectivity index (χ1v) is 9.93. The predicted octanol–water partition coefficient (Wildman–Crippen LogP) is 1.64. The molecule has 25 heavy (non-hydrogen) atoms. The van der Waals surface area contributed by atoms with E-state index in [2.05, 4.69) is 4.90 Å². The summed E-state index contributed by atoms with van der Waals surface area (Å²) in [5.74, 6) is -0.0431. The molecule has 0 aromatic carbocycles. The van der Waals surface area contributed by atoms with Gasteiger partial charge in [0.1, 0.15) is 0 Å². The maximum absolute atomic E-state index is 12.6. The third kappa shape index (κ3) is 3.11. The number of nitrogens with zero attached hydrogens (tertiary/aromatic N) is 3. The number of hydrogen-bond acceptors (Lipinski definition) is 5. The average Bonchev–Trinajstić information content (AvgIpc) is 3.26. The van der Waals surface area contributed by atoms with Gasteiger partial charge in [0.15, 0.2) is 0 Å². The summed E-state index contributed by atoms with van der Waals surface area (Å²) in [7, 11) is 0. The number of fused-ring (bicyclic) bond motifs is 1. The van der Waals surface area contributed by atoms with Crippen molar-refractivity contribution < 1.29 is 14.4 Å². The van der Waals surface area contributed by atoms with Gasteiger partial charge < -0.3 is 4.90 Å². The Bertz CT molecular complexity index is 643. The molecule has 0 bridgehead atoms. The lowest BCUT2D eigenvalue weighted by Gasteiger charge is -2.36. The lowest BCUT2D eigenvalue weighted by Crippen LogP contribution is -2.52. The molecule has 4 rings (SSSR count). The normalized spacial score (nSPS) is 27.7. The summed E-state index contributed by atoms with van der Waals surface area (Å²) in [5, 5.41) is 1.91. The quantitative estimate of drug-likeness (QED) is 0.768. The number of imide groups is 1. The minimum absolute atomic E-state index is 0.0202. The molecule has 1 aliphatic carbocycles. The zero-order valence-electron chi connectivity index (χ0n) is 14.2. The first-order valence-electron chi connectivity index (χ1n) is 9.05. The molecule has 7 heteroatoms. The maximum atomic E-state index is 12.6. The van der Waals surface area contributed by atoms with Crippen molar-refractivity contribution in [2.75, 3.05) is 32.8 Å². The van der Waals surface area contributed by atoms with Crippen molar-refractivity contribution in [2.24, 2.45) is 11.8 Å². The van der Waals surface area contributed by atoms with Crippen LogP contribution in [0.25, 0.3) is 0 Å². The number of piperazine rings is 1. The highest BCUT2D eigenvalue weighted by molar-refractivity contribution is 7.12. The standard InChI is InChI=1S/C18H23N3O3S/c22-16-13-4-1-2-5-14(13)17(23)21(16)12-19-7-9-20(10-8-19)18(24)15-6-3-11-25-15/h3,6,11,13-14H,1-2,4-5,7-10,12H2/t13-,14-/m1/s1. The number of hydrogen-bond donors (Lipinski definition) is 0. The van der Waals surface area contributed by atoms with Crippen LogP contribution in [0.2, 0.25) is 0 Å². The molecule has 0 radical (unpaired) electrons. The van der Waals surface area contributed by atoms with Crippen molar-refractivity contribution in [1.29, 1.82) is 0 Å². The molecule has 3 fully saturated rings. The Balaban J connectivity index is 1.33. The van der Waals surface area contributed by atoms with Crippen LogP contribution in [-0.2, 0) is 9.59 Å². The first kappa shape index (κ1) is 16.7. The predicted molar refractivity (Wildman–Crippen MR) is 94.0 cm³/mol. The summed E-state index contributed by atoms with van der Waals surface area (Å²) < 4.78 is 0. The molecule has 3 amide bonds. The zero-order valence-corrected chi connectivity index (χ0v) is 15.0. The number of carbonyl (C=O) groups excluding carboxylic acids is 3. The fraction of sp³-hybridized carbons (Fsp3) is 0.611. The van der Waals surface area contributed by atoms with Crippen molar-refractivity contribution in [3.05, 3.63) is 22.4 Å². The van der Waals surface area contributed by atoms with Crippen LogP contribution in [0.1, 0.15) is 35.4 Å². The van der Waals surface area contributed by atoms with Gasteiger partial charge in [-0.2, -0.15) is 0 Å². The van der Waals surface area contributed by atoms with Crippen molar-refractivity contribution in [2.45, 2.75) is 25.7 Å². The number of thiophene rings is 1. The van der Waals surface area contributed by atoms with Crippen LogP contribution in [0.3, 0.4) is 0 Å². The molecule has 0 unspecified atom stereocenters. The van der Waals surface area contributed by atoms with Crippen LogP contribution in [-0.4, -0.2) is 65.3 Å². The largest absolute Gasteiger partial charge is 0.335 e. The Morgan fingerprint density at radius 3 is 2.24 bits per heavy atom. The molecule has 0 N–H and O–H groups in total. The SMILES string of the molecule is O=C(c1cccs1)N1CCN(CN2C(=O)[C@@H]3CCCC[C@H]3C2=O)CC1. The van der Waals surface area contributed by atoms with Gasteiger partial charge in [-0.1, -0.05) is 18.9 Å². The summed E-state index contributed by atoms with van der Waals surface area (Å²) in [6.07, 6.45) is 3.82. The van der Waals surface area contributed by atoms with Gasteiger partial charge in [-0.05, 0) is 24.3 Å². The Labute approximate surface area is 151 Å². The maximum Gasteiger partial charge on any atom is 0.264 e. The lowest BCUT2D eigenvalue weighted by molar-refractivity contribution is -0.142. The molecule has 2 atom stereocenters. The molecule has 2 saturated heterocycles. The fourth-order valence-electron chi connectivity index (χ4n) is 4.22. The van der Waals surface area contributed by atoms with Gasteiger partial charge in [-0.3, -0.25) is 24.2 Å². The molecule has 1 aromatic heterocycles. The van der Waals surface area contributed by atoms with E-state index in [1.54, 1.807) is 0 Å². The van der Waals surface area contributed by atoms with E-state index in [-0.39, 0.29) is 29.6 Å². The van der Waals surface area contributed by atoms with Crippen LogP contribution in [0.15, 0.2) is 17.5 Å². The second-order valence-corrected chi connectivity index (χ2v) is 8.08. The van der Waals surface area contributed by atoms with Crippen LogP contribution >= 0.6 is 11.3 Å². The number of likely N-dealkylation sites (tertiary alicyclic amines) is 1. The van der Waals surface area contributed by atoms with E-state index in [1.165, 1.54) is 16.2 Å². The van der Waals surface area contributed by atoms with Crippen molar-refractivity contribution in [3.63, 3.8) is 0 Å². The van der Waals surface area contributed by atoms with E-state index in [9.17, 15) is 14.4 Å². The van der Waals surface area contributed by atoms with Crippen LogP contribution < -0.4 is 0 Å². The second kappa shape index (κ2) is 6.88. The Morgan fingerprint density at radius 1 is 1.04 bits per heavy atom. The molecule has 1 aromatic rings. The van der Waals surface area contributed by atoms with Crippen LogP contribution in [0, 0.1) is 11.8 Å². The Hall–Kier alpha value is -1.73. The van der Waals surface area contributed by atoms with Gasteiger partial charge in [-0.15, -0.1) is 11.3 Å². The smallest absolute Gasteiger partial charge is 0.264 e. The molecule has 2 aliphatic heterocycles. The molecule has 0 spiro atoms. The van der Waals surface area contributed by atoms with Crippen molar-refractivity contribution in [3.8, 4) is 0 Å². The fourth-order valence-corrected chi connectivity index (χ4v) is 4.91. The van der Waals surface area contributed by atoms with Gasteiger partial charge in [-0.25, -0.2) is 0 Å². The Kier molecular flexibility index (Phi) is 4.60. The lowest BCUT2D eigenvalue weighted by atomic mass is 9.81. The van der Waals surface area contributed by atoms with Gasteiger partial charge in [0.05, 0.1) is 23.4 Å². The first-order chi connectivity index (χ1) is 12.1. The summed E-state index contributed by atoms with van der Waals surface area (Å²) >= 11 is 1.46. The molecular weight excluding hydrogens is 338 g/mol. The van der Waals surface area contributed by atoms with E-state index < -0.39 is 0 Å². The number of carbonyl (C=O) groups is 3. The van der Waals surface area contributed by atoms with Crippen LogP contribution in [0.5, 0.6) is 0 Å². The van der Waals surface area contributed by atoms with Gasteiger partial charge >= 0.3 is 0 Å². The summed E-state index contributed by atoms with van der Waals surface area (Å²) in [6.45, 7) is 3.05. The summed E-state index contributed by atoms with van der Waals surface area (Å²) in [6, 6.07) is 3.74. The summed E-state index contributed by atoms with van der Waals surface area (Å²) in [5.41, 5.74) is 0. The van der Waals surface area contributed by atoms with Gasteiger partial charge in [0, 0.05) is 26.2 Å². The zero-order chi connectivity index (χ0) is 17.4. The molecule has 1 saturated carbocycles. The highest BCUT2D eigenvalue weighted by Crippen LogP contribution is 2.38. The van der Waals surface area contributed by atoms with Gasteiger partial charge in [0.25, 0.3) is 5.91 Å². The van der Waals surface area contributed by atoms with Crippen molar-refractivity contribution in [1.82, 2.24) is 14.7 Å². The van der Waals surface area contributed by atoms with Crippen LogP contribution in [0.4, 0.5) is 0 Å². The number of rotatable bonds is 3. The van der Waals surface area contributed by atoms with E-state index in [4.69, 9.17) is 0 Å². The van der Waals surface area contributed by atoms with Crippen molar-refractivity contribution >= 4 is 29.1 Å². The van der Waals surface area contributed by atoms with E-state index in [0.29, 0.717) is 32.8 Å². The summed E-state index contributed by atoms with van der Waals surface area (Å²) in [4.78, 5) is 43.7. The third-order valence-corrected chi connectivity index (χ3v) is 6.52. The molecule has 6 nitrogen and oxygen atoms in total. The highest BCUT2D eigenvalue weighted by Gasteiger charge is 2.48. The molecule has 3 heterocycles. The minimum atomic E-state index is -0.0806. The molecular formula is C18H23N3O3S. The van der Waals surface area contributed by atoms with E-state index >= 15 is 0 Å². The average molecular weight is 361 g/mol. The Morgan fingerprint density at radius 2 is 1.68 bits per heavy atom. The minimum Gasteiger partial charge on any atom is -0.335 e. The topological polar surface area (TPSA) is 60.9 Å². The molecule has 134 valence electrons. The third-order valence-electron chi connectivity index (χ3n) is 5.67.